The molecule has 0 N–H and O–H groups in total. The fraction of sp³-hybridized carbons (Fsp3) is 0.469. The second kappa shape index (κ2) is 15.7. The Morgan fingerprint density at radius 1 is 0.977 bits per heavy atom. The fourth-order valence-electron chi connectivity index (χ4n) is 4.71. The molecule has 1 heterocycles. The molecule has 3 aromatic rings. The third-order valence-corrected chi connectivity index (χ3v) is 7.03. The van der Waals surface area contributed by atoms with Gasteiger partial charge in [-0.05, 0) is 70.2 Å². The second-order valence-corrected chi connectivity index (χ2v) is 10.9. The van der Waals surface area contributed by atoms with E-state index in [0.717, 1.165) is 29.4 Å². The number of unbranched alkanes of at least 4 members (excludes halogenated alkanes) is 3. The minimum Gasteiger partial charge on any atom is -0.476 e. The lowest BCUT2D eigenvalue weighted by Crippen LogP contribution is -2.45. The van der Waals surface area contributed by atoms with Crippen molar-refractivity contribution in [3.8, 4) is 5.75 Å². The van der Waals surface area contributed by atoms with Crippen molar-refractivity contribution in [3.63, 3.8) is 0 Å². The predicted octanol–water partition coefficient (Wildman–Crippen LogP) is 4.67. The Labute approximate surface area is 255 Å². The molecule has 236 valence electrons. The predicted molar refractivity (Wildman–Crippen MR) is 164 cm³/mol. The van der Waals surface area contributed by atoms with Crippen molar-refractivity contribution in [2.24, 2.45) is 0 Å². The molecule has 3 rings (SSSR count). The highest BCUT2D eigenvalue weighted by Gasteiger charge is 2.31. The molecule has 0 bridgehead atoms. The molecule has 0 radical (unpaired) electrons. The highest BCUT2D eigenvalue weighted by atomic mass is 16.6. The Kier molecular flexibility index (Phi) is 12.1. The van der Waals surface area contributed by atoms with E-state index >= 15 is 0 Å². The van der Waals surface area contributed by atoms with Gasteiger partial charge >= 0.3 is 11.7 Å². The van der Waals surface area contributed by atoms with Gasteiger partial charge in [0.05, 0.1) is 23.6 Å². The molecule has 44 heavy (non-hydrogen) atoms. The van der Waals surface area contributed by atoms with Crippen LogP contribution in [0, 0.1) is 10.1 Å². The van der Waals surface area contributed by atoms with Crippen LogP contribution in [0.4, 0.5) is 5.69 Å². The number of para-hydroxylation sites is 1. The Morgan fingerprint density at radius 2 is 1.73 bits per heavy atom. The van der Waals surface area contributed by atoms with Crippen LogP contribution in [-0.2, 0) is 35.5 Å². The number of benzene rings is 2. The summed E-state index contributed by atoms with van der Waals surface area (Å²) in [5.74, 6) is -0.696. The lowest BCUT2D eigenvalue weighted by molar-refractivity contribution is -0.385. The van der Waals surface area contributed by atoms with Crippen molar-refractivity contribution in [1.82, 2.24) is 14.3 Å². The number of nitrogens with zero attached hydrogens (tertiary/aromatic N) is 4. The van der Waals surface area contributed by atoms with Crippen LogP contribution in [-0.4, -0.2) is 43.2 Å². The Hall–Kier alpha value is -4.61. The molecule has 0 fully saturated rings. The van der Waals surface area contributed by atoms with Gasteiger partial charge in [-0.3, -0.25) is 19.7 Å². The molecule has 0 unspecified atom stereocenters. The van der Waals surface area contributed by atoms with Crippen LogP contribution in [0.1, 0.15) is 81.4 Å². The van der Waals surface area contributed by atoms with Crippen LogP contribution in [0.25, 0.3) is 0 Å². The van der Waals surface area contributed by atoms with Gasteiger partial charge in [-0.2, -0.15) is 5.10 Å². The molecular weight excluding hydrogens is 568 g/mol. The van der Waals surface area contributed by atoms with Crippen molar-refractivity contribution in [3.05, 3.63) is 96.3 Å². The number of rotatable bonds is 17. The third-order valence-electron chi connectivity index (χ3n) is 7.03. The summed E-state index contributed by atoms with van der Waals surface area (Å²) in [6.07, 6.45) is 4.93. The van der Waals surface area contributed by atoms with Crippen LogP contribution in [0.3, 0.4) is 0 Å². The maximum Gasteiger partial charge on any atom is 0.349 e. The molecule has 12 nitrogen and oxygen atoms in total. The number of nitro groups is 1. The number of aromatic nitrogens is 3. The average Bonchev–Trinajstić information content (AvgIpc) is 2.99. The van der Waals surface area contributed by atoms with Crippen LogP contribution in [0.2, 0.25) is 0 Å². The van der Waals surface area contributed by atoms with E-state index in [1.807, 2.05) is 12.1 Å². The first-order valence-corrected chi connectivity index (χ1v) is 14.9. The van der Waals surface area contributed by atoms with Crippen molar-refractivity contribution in [1.29, 1.82) is 0 Å². The standard InChI is InChI=1S/C32H40N4O8/c1-5-7-8-9-18-26-29(38)34(22-28(37)25-17-10-11-19-27(25)36(41)42)31(40)35(33-26)20-13-15-23-14-12-16-24(21-23)44-32(3,4)30(39)43-6-2/h10-12,14,16-17,19,21H,5-9,13,15,18,20,22H2,1-4H3. The number of aryl methyl sites for hydroxylation is 3. The summed E-state index contributed by atoms with van der Waals surface area (Å²) < 4.78 is 13.0. The first kappa shape index (κ1) is 33.9. The van der Waals surface area contributed by atoms with Crippen LogP contribution in [0.15, 0.2) is 58.1 Å². The average molecular weight is 609 g/mol. The summed E-state index contributed by atoms with van der Waals surface area (Å²) in [6.45, 7) is 6.83. The summed E-state index contributed by atoms with van der Waals surface area (Å²) in [5, 5.41) is 15.8. The number of hydrogen-bond donors (Lipinski definition) is 0. The first-order chi connectivity index (χ1) is 21.0. The first-order valence-electron chi connectivity index (χ1n) is 14.9. The summed E-state index contributed by atoms with van der Waals surface area (Å²) in [4.78, 5) is 62.8. The van der Waals surface area contributed by atoms with Gasteiger partial charge in [0, 0.05) is 12.6 Å². The molecule has 1 aromatic heterocycles. The molecule has 2 aromatic carbocycles. The fourth-order valence-corrected chi connectivity index (χ4v) is 4.71. The molecule has 12 heteroatoms. The Bertz CT molecular complexity index is 1590. The monoisotopic (exact) mass is 608 g/mol. The molecule has 0 aliphatic carbocycles. The third kappa shape index (κ3) is 8.95. The van der Waals surface area contributed by atoms with Crippen LogP contribution >= 0.6 is 0 Å². The Balaban J connectivity index is 1.83. The maximum absolute atomic E-state index is 13.4. The second-order valence-electron chi connectivity index (χ2n) is 10.9. The van der Waals surface area contributed by atoms with Gasteiger partial charge < -0.3 is 9.47 Å². The zero-order valence-corrected chi connectivity index (χ0v) is 25.7. The van der Waals surface area contributed by atoms with E-state index in [2.05, 4.69) is 12.0 Å². The minimum atomic E-state index is -1.18. The number of carbonyl (C=O) groups is 2. The molecule has 0 saturated heterocycles. The largest absolute Gasteiger partial charge is 0.476 e. The van der Waals surface area contributed by atoms with E-state index in [4.69, 9.17) is 9.47 Å². The number of ether oxygens (including phenoxy) is 2. The topological polar surface area (TPSA) is 153 Å². The van der Waals surface area contributed by atoms with Crippen molar-refractivity contribution in [2.75, 3.05) is 6.61 Å². The molecule has 0 atom stereocenters. The van der Waals surface area contributed by atoms with Crippen LogP contribution < -0.4 is 16.0 Å². The minimum absolute atomic E-state index is 0.167. The SMILES string of the molecule is CCCCCCc1nn(CCCc2cccc(OC(C)(C)C(=O)OCC)c2)c(=O)n(CC(=O)c2ccccc2[N+](=O)[O-])c1=O. The highest BCUT2D eigenvalue weighted by Crippen LogP contribution is 2.22. The lowest BCUT2D eigenvalue weighted by atomic mass is 10.1. The van der Waals surface area contributed by atoms with E-state index in [1.165, 1.54) is 28.9 Å². The van der Waals surface area contributed by atoms with Crippen molar-refractivity contribution >= 4 is 17.4 Å². The highest BCUT2D eigenvalue weighted by molar-refractivity contribution is 5.99. The van der Waals surface area contributed by atoms with Gasteiger partial charge in [0.25, 0.3) is 11.2 Å². The molecule has 0 amide bonds. The number of Topliss-reactive ketones (excluding diaryl/α,β-unsaturated/α-hetero) is 1. The molecular formula is C32H40N4O8. The summed E-state index contributed by atoms with van der Waals surface area (Å²) in [5.41, 5.74) is -2.09. The maximum atomic E-state index is 13.4. The molecule has 0 aliphatic heterocycles. The normalized spacial score (nSPS) is 11.3. The molecule has 0 aliphatic rings. The quantitative estimate of drug-likeness (QED) is 0.0699. The zero-order chi connectivity index (χ0) is 32.3. The van der Waals surface area contributed by atoms with E-state index in [9.17, 15) is 29.3 Å². The van der Waals surface area contributed by atoms with Gasteiger partial charge in [-0.1, -0.05) is 50.5 Å². The number of ketones is 1. The van der Waals surface area contributed by atoms with Gasteiger partial charge in [-0.15, -0.1) is 0 Å². The molecule has 0 spiro atoms. The van der Waals surface area contributed by atoms with Gasteiger partial charge in [0.1, 0.15) is 11.4 Å². The van der Waals surface area contributed by atoms with Crippen LogP contribution in [0.5, 0.6) is 5.75 Å². The number of hydrogen-bond acceptors (Lipinski definition) is 9. The number of esters is 1. The number of carbonyl (C=O) groups excluding carboxylic acids is 2. The van der Waals surface area contributed by atoms with E-state index in [0.29, 0.717) is 31.4 Å². The summed E-state index contributed by atoms with van der Waals surface area (Å²) in [6, 6.07) is 12.7. The van der Waals surface area contributed by atoms with E-state index < -0.39 is 45.8 Å². The summed E-state index contributed by atoms with van der Waals surface area (Å²) >= 11 is 0. The Morgan fingerprint density at radius 3 is 2.43 bits per heavy atom. The van der Waals surface area contributed by atoms with Gasteiger partial charge in [0.2, 0.25) is 0 Å². The lowest BCUT2D eigenvalue weighted by Gasteiger charge is -2.24. The number of nitro benzene ring substituents is 1. The van der Waals surface area contributed by atoms with Gasteiger partial charge in [0.15, 0.2) is 11.4 Å². The summed E-state index contributed by atoms with van der Waals surface area (Å²) in [7, 11) is 0. The van der Waals surface area contributed by atoms with Crippen molar-refractivity contribution in [2.45, 2.75) is 91.3 Å². The molecule has 0 saturated carbocycles. The zero-order valence-electron chi connectivity index (χ0n) is 25.7. The van der Waals surface area contributed by atoms with Gasteiger partial charge in [-0.25, -0.2) is 18.8 Å². The smallest absolute Gasteiger partial charge is 0.349 e. The van der Waals surface area contributed by atoms with Crippen molar-refractivity contribution < 1.29 is 24.0 Å². The van der Waals surface area contributed by atoms with E-state index in [-0.39, 0.29) is 24.4 Å². The van der Waals surface area contributed by atoms with E-state index in [1.54, 1.807) is 32.9 Å².